The third kappa shape index (κ3) is 4.62. The van der Waals surface area contributed by atoms with Crippen LogP contribution in [0.25, 0.3) is 12.2 Å². The monoisotopic (exact) mass is 370 g/mol. The molecular weight excluding hydrogens is 352 g/mol. The molecule has 0 aromatic heterocycles. The predicted molar refractivity (Wildman–Crippen MR) is 109 cm³/mol. The van der Waals surface area contributed by atoms with Gasteiger partial charge in [-0.15, -0.1) is 0 Å². The Morgan fingerprint density at radius 3 is 1.46 bits per heavy atom. The summed E-state index contributed by atoms with van der Waals surface area (Å²) < 4.78 is 0. The van der Waals surface area contributed by atoms with Gasteiger partial charge in [-0.3, -0.25) is 9.59 Å². The van der Waals surface area contributed by atoms with E-state index < -0.39 is 0 Å². The molecule has 0 fully saturated rings. The van der Waals surface area contributed by atoms with E-state index in [0.717, 1.165) is 0 Å². The van der Waals surface area contributed by atoms with Crippen LogP contribution in [0.5, 0.6) is 11.5 Å². The van der Waals surface area contributed by atoms with E-state index in [2.05, 4.69) is 0 Å². The van der Waals surface area contributed by atoms with E-state index in [9.17, 15) is 19.8 Å². The zero-order valence-corrected chi connectivity index (χ0v) is 14.9. The van der Waals surface area contributed by atoms with Crippen molar-refractivity contribution < 1.29 is 19.8 Å². The smallest absolute Gasteiger partial charge is 0.185 e. The van der Waals surface area contributed by atoms with Crippen LogP contribution in [0.4, 0.5) is 0 Å². The molecule has 138 valence electrons. The van der Waals surface area contributed by atoms with Gasteiger partial charge in [0.15, 0.2) is 11.6 Å². The average Bonchev–Trinajstić information content (AvgIpc) is 2.72. The van der Waals surface area contributed by atoms with Crippen LogP contribution < -0.4 is 0 Å². The molecule has 3 aromatic carbocycles. The van der Waals surface area contributed by atoms with Crippen LogP contribution >= 0.6 is 0 Å². The highest BCUT2D eigenvalue weighted by molar-refractivity contribution is 6.11. The zero-order chi connectivity index (χ0) is 19.9. The maximum Gasteiger partial charge on any atom is 0.185 e. The lowest BCUT2D eigenvalue weighted by Gasteiger charge is -2.01. The first-order chi connectivity index (χ1) is 13.5. The van der Waals surface area contributed by atoms with Crippen molar-refractivity contribution in [2.75, 3.05) is 0 Å². The van der Waals surface area contributed by atoms with Crippen molar-refractivity contribution in [3.8, 4) is 11.5 Å². The van der Waals surface area contributed by atoms with Crippen LogP contribution in [-0.4, -0.2) is 21.8 Å². The minimum Gasteiger partial charge on any atom is -0.507 e. The molecule has 2 N–H and O–H groups in total. The summed E-state index contributed by atoms with van der Waals surface area (Å²) in [7, 11) is 0. The van der Waals surface area contributed by atoms with Gasteiger partial charge in [-0.05, 0) is 42.5 Å². The molecule has 0 heterocycles. The summed E-state index contributed by atoms with van der Waals surface area (Å²) in [6.45, 7) is 0. The van der Waals surface area contributed by atoms with E-state index in [1.54, 1.807) is 66.7 Å². The summed E-state index contributed by atoms with van der Waals surface area (Å²) >= 11 is 0. The van der Waals surface area contributed by atoms with Gasteiger partial charge in [-0.1, -0.05) is 54.6 Å². The number of rotatable bonds is 6. The van der Waals surface area contributed by atoms with Gasteiger partial charge in [0.1, 0.15) is 11.5 Å². The van der Waals surface area contributed by atoms with Crippen molar-refractivity contribution in [2.24, 2.45) is 0 Å². The molecule has 0 saturated carbocycles. The molecule has 0 bridgehead atoms. The Kier molecular flexibility index (Phi) is 5.82. The van der Waals surface area contributed by atoms with Gasteiger partial charge in [0.05, 0.1) is 0 Å². The molecule has 0 radical (unpaired) electrons. The molecule has 0 amide bonds. The number of carbonyl (C=O) groups excluding carboxylic acids is 2. The summed E-state index contributed by atoms with van der Waals surface area (Å²) in [5.41, 5.74) is 1.81. The van der Waals surface area contributed by atoms with Crippen molar-refractivity contribution in [1.29, 1.82) is 0 Å². The molecular formula is C24H18O4. The number of carbonyl (C=O) groups is 2. The molecule has 0 atom stereocenters. The highest BCUT2D eigenvalue weighted by atomic mass is 16.3. The normalized spacial score (nSPS) is 11.1. The number of benzene rings is 3. The maximum atomic E-state index is 12.4. The Morgan fingerprint density at radius 2 is 1.04 bits per heavy atom. The minimum absolute atomic E-state index is 0.0878. The lowest BCUT2D eigenvalue weighted by Crippen LogP contribution is -1.99. The first-order valence-electron chi connectivity index (χ1n) is 8.65. The van der Waals surface area contributed by atoms with Crippen LogP contribution in [0.3, 0.4) is 0 Å². The molecule has 0 saturated heterocycles. The number of para-hydroxylation sites is 2. The van der Waals surface area contributed by atoms with Crippen LogP contribution in [0, 0.1) is 0 Å². The van der Waals surface area contributed by atoms with Crippen molar-refractivity contribution in [2.45, 2.75) is 0 Å². The summed E-state index contributed by atoms with van der Waals surface area (Å²) in [5, 5.41) is 19.5. The van der Waals surface area contributed by atoms with E-state index in [0.29, 0.717) is 22.3 Å². The molecule has 4 heteroatoms. The highest BCUT2D eigenvalue weighted by Gasteiger charge is 2.08. The number of hydrogen-bond donors (Lipinski definition) is 2. The second-order valence-electron chi connectivity index (χ2n) is 6.09. The molecule has 0 unspecified atom stereocenters. The lowest BCUT2D eigenvalue weighted by atomic mass is 10.0. The fourth-order valence-electron chi connectivity index (χ4n) is 2.61. The first kappa shape index (κ1) is 18.9. The Morgan fingerprint density at radius 1 is 0.607 bits per heavy atom. The third-order valence-electron chi connectivity index (χ3n) is 4.13. The zero-order valence-electron chi connectivity index (χ0n) is 14.9. The number of allylic oxidation sites excluding steroid dienone is 2. The van der Waals surface area contributed by atoms with Gasteiger partial charge in [0.2, 0.25) is 0 Å². The molecule has 28 heavy (non-hydrogen) atoms. The quantitative estimate of drug-likeness (QED) is 0.478. The average molecular weight is 370 g/mol. The van der Waals surface area contributed by atoms with Crippen molar-refractivity contribution >= 4 is 23.7 Å². The number of ketones is 2. The van der Waals surface area contributed by atoms with Crippen LogP contribution in [0.2, 0.25) is 0 Å². The van der Waals surface area contributed by atoms with Crippen molar-refractivity contribution in [1.82, 2.24) is 0 Å². The Labute approximate surface area is 162 Å². The summed E-state index contributed by atoms with van der Waals surface area (Å²) in [4.78, 5) is 24.8. The van der Waals surface area contributed by atoms with E-state index in [1.807, 2.05) is 0 Å². The van der Waals surface area contributed by atoms with Crippen LogP contribution in [-0.2, 0) is 0 Å². The predicted octanol–water partition coefficient (Wildman–Crippen LogP) is 4.89. The molecule has 0 spiro atoms. The number of phenolic OH excluding ortho intramolecular Hbond substituents is 2. The Hall–Kier alpha value is -3.92. The Bertz CT molecular complexity index is 994. The highest BCUT2D eigenvalue weighted by Crippen LogP contribution is 2.19. The first-order valence-corrected chi connectivity index (χ1v) is 8.65. The van der Waals surface area contributed by atoms with Gasteiger partial charge >= 0.3 is 0 Å². The summed E-state index contributed by atoms with van der Waals surface area (Å²) in [6, 6.07) is 19.8. The van der Waals surface area contributed by atoms with Crippen molar-refractivity contribution in [3.63, 3.8) is 0 Å². The lowest BCUT2D eigenvalue weighted by molar-refractivity contribution is 0.104. The standard InChI is InChI=1S/C24H18O4/c25-21-10-3-1-6-17(21)12-14-23(27)19-8-5-9-20(16-19)24(28)15-13-18-7-2-4-11-22(18)26/h1-16,25-26H/b14-12-,15-13-. The second kappa shape index (κ2) is 8.64. The van der Waals surface area contributed by atoms with E-state index >= 15 is 0 Å². The van der Waals surface area contributed by atoms with Crippen LogP contribution in [0.15, 0.2) is 84.9 Å². The topological polar surface area (TPSA) is 74.6 Å². The maximum absolute atomic E-state index is 12.4. The number of hydrogen-bond acceptors (Lipinski definition) is 4. The van der Waals surface area contributed by atoms with Crippen molar-refractivity contribution in [3.05, 3.63) is 107 Å². The van der Waals surface area contributed by atoms with E-state index in [4.69, 9.17) is 0 Å². The van der Waals surface area contributed by atoms with E-state index in [1.165, 1.54) is 30.4 Å². The number of phenols is 2. The minimum atomic E-state index is -0.275. The van der Waals surface area contributed by atoms with Gasteiger partial charge in [0, 0.05) is 22.3 Å². The fourth-order valence-corrected chi connectivity index (χ4v) is 2.61. The molecule has 0 aliphatic heterocycles. The molecule has 0 aliphatic carbocycles. The van der Waals surface area contributed by atoms with Crippen LogP contribution in [0.1, 0.15) is 31.8 Å². The fraction of sp³-hybridized carbons (Fsp3) is 0. The van der Waals surface area contributed by atoms with Gasteiger partial charge < -0.3 is 10.2 Å². The molecule has 0 aliphatic rings. The summed E-state index contributed by atoms with van der Waals surface area (Å²) in [6.07, 6.45) is 5.78. The molecule has 3 rings (SSSR count). The number of aromatic hydroxyl groups is 2. The summed E-state index contributed by atoms with van der Waals surface area (Å²) in [5.74, 6) is -0.375. The second-order valence-corrected chi connectivity index (χ2v) is 6.09. The van der Waals surface area contributed by atoms with E-state index in [-0.39, 0.29) is 23.1 Å². The molecule has 4 nitrogen and oxygen atoms in total. The van der Waals surface area contributed by atoms with Gasteiger partial charge in [0.25, 0.3) is 0 Å². The SMILES string of the molecule is O=C(/C=C\c1ccccc1O)c1cccc(C(=O)/C=C\c2ccccc2O)c1. The third-order valence-corrected chi connectivity index (χ3v) is 4.13. The van der Waals surface area contributed by atoms with Gasteiger partial charge in [-0.2, -0.15) is 0 Å². The molecule has 3 aromatic rings. The van der Waals surface area contributed by atoms with Gasteiger partial charge in [-0.25, -0.2) is 0 Å². The largest absolute Gasteiger partial charge is 0.507 e. The Balaban J connectivity index is 1.76.